The summed E-state index contributed by atoms with van der Waals surface area (Å²) in [6.45, 7) is 9.95. The van der Waals surface area contributed by atoms with Gasteiger partial charge in [0.25, 0.3) is 5.56 Å². The van der Waals surface area contributed by atoms with Gasteiger partial charge in [-0.15, -0.1) is 0 Å². The van der Waals surface area contributed by atoms with Crippen LogP contribution in [-0.2, 0) is 31.3 Å². The van der Waals surface area contributed by atoms with Crippen molar-refractivity contribution in [2.75, 3.05) is 44.3 Å². The Morgan fingerprint density at radius 1 is 1.06 bits per heavy atom. The molecule has 0 aliphatic carbocycles. The van der Waals surface area contributed by atoms with Gasteiger partial charge in [-0.1, -0.05) is 32.4 Å². The number of nitrogens with zero attached hydrogens (tertiary/aromatic N) is 6. The first-order valence-corrected chi connectivity index (χ1v) is 12.8. The molecule has 0 saturated carbocycles. The zero-order chi connectivity index (χ0) is 24.5. The lowest BCUT2D eigenvalue weighted by Crippen LogP contribution is -2.44. The molecule has 35 heavy (non-hydrogen) atoms. The Morgan fingerprint density at radius 2 is 1.80 bits per heavy atom. The Morgan fingerprint density at radius 3 is 2.51 bits per heavy atom. The van der Waals surface area contributed by atoms with Gasteiger partial charge in [0.15, 0.2) is 11.2 Å². The first-order chi connectivity index (χ1) is 17.0. The van der Waals surface area contributed by atoms with Crippen molar-refractivity contribution in [1.82, 2.24) is 23.6 Å². The topological polar surface area (TPSA) is 77.5 Å². The average molecular weight is 481 g/mol. The molecule has 2 aliphatic heterocycles. The van der Waals surface area contributed by atoms with Gasteiger partial charge in [0.1, 0.15) is 0 Å². The van der Waals surface area contributed by atoms with Crippen LogP contribution in [0.2, 0.25) is 0 Å². The van der Waals surface area contributed by atoms with Crippen LogP contribution in [0.25, 0.3) is 11.2 Å². The Labute approximate surface area is 205 Å². The van der Waals surface area contributed by atoms with E-state index in [1.165, 1.54) is 27.5 Å². The van der Waals surface area contributed by atoms with Crippen LogP contribution in [0, 0.1) is 5.92 Å². The van der Waals surface area contributed by atoms with Crippen molar-refractivity contribution in [3.8, 4) is 0 Å². The lowest BCUT2D eigenvalue weighted by Gasteiger charge is -2.33. The first kappa shape index (κ1) is 23.8. The molecule has 0 bridgehead atoms. The highest BCUT2D eigenvalue weighted by molar-refractivity contribution is 5.77. The predicted octanol–water partition coefficient (Wildman–Crippen LogP) is 2.36. The molecule has 188 valence electrons. The number of ether oxygens (including phenoxy) is 1. The van der Waals surface area contributed by atoms with Crippen LogP contribution in [0.3, 0.4) is 0 Å². The van der Waals surface area contributed by atoms with Crippen LogP contribution in [0.1, 0.15) is 32.3 Å². The molecule has 0 unspecified atom stereocenters. The molecule has 0 spiro atoms. The highest BCUT2D eigenvalue weighted by Crippen LogP contribution is 2.33. The van der Waals surface area contributed by atoms with Gasteiger partial charge in [-0.2, -0.15) is 4.98 Å². The smallest absolute Gasteiger partial charge is 0.332 e. The number of aryl methyl sites for hydroxylation is 2. The number of morpholine rings is 1. The van der Waals surface area contributed by atoms with Gasteiger partial charge >= 0.3 is 5.69 Å². The summed E-state index contributed by atoms with van der Waals surface area (Å²) in [6, 6.07) is 8.66. The molecular formula is C26H36N6O3. The minimum absolute atomic E-state index is 0.251. The van der Waals surface area contributed by atoms with E-state index in [9.17, 15) is 9.59 Å². The highest BCUT2D eigenvalue weighted by Gasteiger charge is 2.30. The molecular weight excluding hydrogens is 444 g/mol. The molecule has 9 nitrogen and oxygen atoms in total. The molecule has 1 saturated heterocycles. The minimum atomic E-state index is -0.314. The van der Waals surface area contributed by atoms with Crippen molar-refractivity contribution in [2.45, 2.75) is 46.2 Å². The Balaban J connectivity index is 1.53. The summed E-state index contributed by atoms with van der Waals surface area (Å²) < 4.78 is 10.3. The molecule has 9 heteroatoms. The number of unbranched alkanes of at least 4 members (excludes halogenated alkanes) is 1. The summed E-state index contributed by atoms with van der Waals surface area (Å²) in [5.74, 6) is 1.07. The number of benzene rings is 1. The number of anilines is 2. The second-order valence-corrected chi connectivity index (χ2v) is 9.93. The normalized spacial score (nSPS) is 18.8. The standard InChI is InChI=1S/C26H36N6O3/c1-4-5-6-20-7-9-21(10-8-20)31-17-19(2)18-32-22-23(27-25(31)32)28(3)26(34)30(24(22)33)12-11-29-13-15-35-16-14-29/h7-10,19H,4-6,11-18H2,1-3H3/t19-/m1/s1. The summed E-state index contributed by atoms with van der Waals surface area (Å²) in [5.41, 5.74) is 2.80. The van der Waals surface area contributed by atoms with Gasteiger partial charge in [0.2, 0.25) is 5.95 Å². The van der Waals surface area contributed by atoms with Crippen LogP contribution in [0.4, 0.5) is 11.6 Å². The molecule has 1 fully saturated rings. The van der Waals surface area contributed by atoms with Crippen LogP contribution in [0.15, 0.2) is 33.9 Å². The summed E-state index contributed by atoms with van der Waals surface area (Å²) in [4.78, 5) is 36.0. The van der Waals surface area contributed by atoms with Crippen LogP contribution < -0.4 is 16.1 Å². The quantitative estimate of drug-likeness (QED) is 0.517. The maximum atomic E-state index is 13.6. The van der Waals surface area contributed by atoms with Gasteiger partial charge in [-0.05, 0) is 36.5 Å². The van der Waals surface area contributed by atoms with E-state index >= 15 is 0 Å². The third-order valence-electron chi connectivity index (χ3n) is 7.25. The minimum Gasteiger partial charge on any atom is -0.379 e. The van der Waals surface area contributed by atoms with Crippen molar-refractivity contribution in [1.29, 1.82) is 0 Å². The van der Waals surface area contributed by atoms with Crippen molar-refractivity contribution < 1.29 is 4.74 Å². The van der Waals surface area contributed by atoms with Gasteiger partial charge < -0.3 is 14.2 Å². The van der Waals surface area contributed by atoms with Crippen molar-refractivity contribution >= 4 is 22.8 Å². The van der Waals surface area contributed by atoms with E-state index in [-0.39, 0.29) is 11.2 Å². The first-order valence-electron chi connectivity index (χ1n) is 12.8. The fourth-order valence-corrected chi connectivity index (χ4v) is 5.21. The van der Waals surface area contributed by atoms with Crippen molar-refractivity contribution in [3.05, 3.63) is 50.7 Å². The fourth-order valence-electron chi connectivity index (χ4n) is 5.21. The maximum Gasteiger partial charge on any atom is 0.332 e. The zero-order valence-electron chi connectivity index (χ0n) is 21.1. The van der Waals surface area contributed by atoms with E-state index in [1.54, 1.807) is 7.05 Å². The van der Waals surface area contributed by atoms with Gasteiger partial charge in [-0.3, -0.25) is 18.8 Å². The molecule has 4 heterocycles. The average Bonchev–Trinajstić information content (AvgIpc) is 3.26. The molecule has 0 N–H and O–H groups in total. The molecule has 1 atom stereocenters. The molecule has 0 radical (unpaired) electrons. The number of fused-ring (bicyclic) bond motifs is 3. The van der Waals surface area contributed by atoms with Crippen molar-refractivity contribution in [2.24, 2.45) is 13.0 Å². The summed E-state index contributed by atoms with van der Waals surface area (Å²) in [5, 5.41) is 0. The highest BCUT2D eigenvalue weighted by atomic mass is 16.5. The summed E-state index contributed by atoms with van der Waals surface area (Å²) in [7, 11) is 1.71. The van der Waals surface area contributed by atoms with Crippen molar-refractivity contribution in [3.63, 3.8) is 0 Å². The van der Waals surface area contributed by atoms with Gasteiger partial charge in [0.05, 0.1) is 13.2 Å². The molecule has 0 amide bonds. The van der Waals surface area contributed by atoms with Crippen LogP contribution in [-0.4, -0.2) is 63.0 Å². The summed E-state index contributed by atoms with van der Waals surface area (Å²) >= 11 is 0. The number of imidazole rings is 1. The van der Waals surface area contributed by atoms with E-state index in [1.807, 2.05) is 4.57 Å². The Kier molecular flexibility index (Phi) is 6.80. The fraction of sp³-hybridized carbons (Fsp3) is 0.577. The largest absolute Gasteiger partial charge is 0.379 e. The summed E-state index contributed by atoms with van der Waals surface area (Å²) in [6.07, 6.45) is 3.44. The predicted molar refractivity (Wildman–Crippen MR) is 138 cm³/mol. The zero-order valence-corrected chi connectivity index (χ0v) is 21.1. The third-order valence-corrected chi connectivity index (χ3v) is 7.25. The Hall–Kier alpha value is -2.91. The Bertz CT molecular complexity index is 1300. The van der Waals surface area contributed by atoms with Gasteiger partial charge in [0, 0.05) is 52.0 Å². The van der Waals surface area contributed by atoms with E-state index < -0.39 is 0 Å². The molecule has 1 aromatic carbocycles. The molecule has 5 rings (SSSR count). The SMILES string of the molecule is CCCCc1ccc(N2C[C@@H](C)Cn3c2nc2c3c(=O)n(CCN3CCOCC3)c(=O)n2C)cc1. The number of hydrogen-bond acceptors (Lipinski definition) is 6. The van der Waals surface area contributed by atoms with Crippen LogP contribution in [0.5, 0.6) is 0 Å². The third kappa shape index (κ3) is 4.54. The van der Waals surface area contributed by atoms with E-state index in [2.05, 4.69) is 47.9 Å². The van der Waals surface area contributed by atoms with Crippen LogP contribution >= 0.6 is 0 Å². The van der Waals surface area contributed by atoms with E-state index in [0.717, 1.165) is 37.7 Å². The lowest BCUT2D eigenvalue weighted by atomic mass is 10.1. The number of rotatable bonds is 7. The second-order valence-electron chi connectivity index (χ2n) is 9.93. The molecule has 2 aromatic heterocycles. The van der Waals surface area contributed by atoms with E-state index in [0.29, 0.717) is 49.9 Å². The molecule has 2 aliphatic rings. The molecule has 3 aromatic rings. The number of aromatic nitrogens is 4. The lowest BCUT2D eigenvalue weighted by molar-refractivity contribution is 0.0361. The van der Waals surface area contributed by atoms with Gasteiger partial charge in [-0.25, -0.2) is 4.79 Å². The monoisotopic (exact) mass is 480 g/mol. The maximum absolute atomic E-state index is 13.6. The second kappa shape index (κ2) is 9.99. The number of hydrogen-bond donors (Lipinski definition) is 0. The van der Waals surface area contributed by atoms with E-state index in [4.69, 9.17) is 9.72 Å².